The van der Waals surface area contributed by atoms with Crippen molar-refractivity contribution in [3.05, 3.63) is 120 Å². The molecule has 0 aliphatic rings. The van der Waals surface area contributed by atoms with Crippen molar-refractivity contribution in [2.75, 3.05) is 30.8 Å². The lowest BCUT2D eigenvalue weighted by atomic mass is 9.92. The smallest absolute Gasteiger partial charge is 0.416 e. The first kappa shape index (κ1) is 31.3. The van der Waals surface area contributed by atoms with E-state index < -0.39 is 17.8 Å². The van der Waals surface area contributed by atoms with Gasteiger partial charge < -0.3 is 20.7 Å². The number of nitrogens with one attached hydrogen (secondary N) is 3. The number of methoxy groups -OCH3 is 1. The number of hydrogen-bond acceptors (Lipinski definition) is 5. The molecule has 0 heterocycles. The lowest BCUT2D eigenvalue weighted by molar-refractivity contribution is -0.143. The Balaban J connectivity index is 1.35. The normalized spacial score (nSPS) is 12.3. The molecule has 0 aliphatic heterocycles. The van der Waals surface area contributed by atoms with E-state index in [0.717, 1.165) is 23.4 Å². The highest BCUT2D eigenvalue weighted by Crippen LogP contribution is 2.32. The molecule has 1 unspecified atom stereocenters. The lowest BCUT2D eigenvalue weighted by Gasteiger charge is -2.28. The van der Waals surface area contributed by atoms with Crippen LogP contribution in [0.3, 0.4) is 0 Å². The molecule has 4 aromatic rings. The zero-order valence-corrected chi connectivity index (χ0v) is 24.2. The van der Waals surface area contributed by atoms with Gasteiger partial charge in [0.25, 0.3) is 5.91 Å². The van der Waals surface area contributed by atoms with E-state index in [-0.39, 0.29) is 17.3 Å². The number of carbonyl (C=O) groups is 2. The van der Waals surface area contributed by atoms with Gasteiger partial charge in [-0.15, -0.1) is 0 Å². The van der Waals surface area contributed by atoms with Crippen LogP contribution in [0, 0.1) is 5.41 Å². The first-order chi connectivity index (χ1) is 20.5. The zero-order valence-electron chi connectivity index (χ0n) is 24.2. The molecule has 1 amide bonds. The maximum absolute atomic E-state index is 13.1. The fourth-order valence-corrected chi connectivity index (χ4v) is 4.52. The zero-order chi connectivity index (χ0) is 31.0. The summed E-state index contributed by atoms with van der Waals surface area (Å²) in [7, 11) is 1.37. The Bertz CT molecular complexity index is 1520. The van der Waals surface area contributed by atoms with Gasteiger partial charge in [0.15, 0.2) is 0 Å². The molecular weight excluding hydrogens is 555 g/mol. The Morgan fingerprint density at radius 3 is 2.00 bits per heavy atom. The van der Waals surface area contributed by atoms with E-state index >= 15 is 0 Å². The van der Waals surface area contributed by atoms with Crippen LogP contribution in [0.2, 0.25) is 0 Å². The summed E-state index contributed by atoms with van der Waals surface area (Å²) in [5.41, 5.74) is 2.67. The Kier molecular flexibility index (Phi) is 9.88. The van der Waals surface area contributed by atoms with Gasteiger partial charge >= 0.3 is 12.1 Å². The average molecular weight is 590 g/mol. The number of ether oxygens (including phenoxy) is 1. The second kappa shape index (κ2) is 13.6. The van der Waals surface area contributed by atoms with Crippen LogP contribution in [0.4, 0.5) is 24.5 Å². The molecule has 0 aliphatic carbocycles. The second-order valence-corrected chi connectivity index (χ2v) is 10.9. The average Bonchev–Trinajstić information content (AvgIpc) is 3.01. The lowest BCUT2D eigenvalue weighted by Crippen LogP contribution is -2.39. The van der Waals surface area contributed by atoms with Gasteiger partial charge in [0.2, 0.25) is 0 Å². The summed E-state index contributed by atoms with van der Waals surface area (Å²) < 4.78 is 43.9. The molecular formula is C34H34F3N3O3. The van der Waals surface area contributed by atoms with Gasteiger partial charge in [-0.1, -0.05) is 74.5 Å². The van der Waals surface area contributed by atoms with E-state index in [1.54, 1.807) is 36.4 Å². The number of carbonyl (C=O) groups excluding carboxylic acids is 2. The molecule has 4 aromatic carbocycles. The van der Waals surface area contributed by atoms with E-state index in [1.165, 1.54) is 19.2 Å². The maximum Gasteiger partial charge on any atom is 0.416 e. The van der Waals surface area contributed by atoms with Crippen molar-refractivity contribution in [3.63, 3.8) is 0 Å². The van der Waals surface area contributed by atoms with Crippen molar-refractivity contribution in [1.82, 2.24) is 5.32 Å². The topological polar surface area (TPSA) is 79.5 Å². The SMILES string of the molecule is COC(=O)C(NCC(C)(C)CNc1ccc(NC(=O)c2ccccc2-c2ccc(C(F)(F)F)cc2)cc1)c1ccccc1. The minimum Gasteiger partial charge on any atom is -0.468 e. The third-order valence-corrected chi connectivity index (χ3v) is 6.96. The standard InChI is InChI=1S/C34H34F3N3O3/c1-33(2,22-39-30(32(42)43-3)24-9-5-4-6-10-24)21-38-26-17-19-27(20-18-26)40-31(41)29-12-8-7-11-28(29)23-13-15-25(16-14-23)34(35,36)37/h4-20,30,38-39H,21-22H2,1-3H3,(H,40,41). The number of amides is 1. The first-order valence-corrected chi connectivity index (χ1v) is 13.7. The van der Waals surface area contributed by atoms with E-state index in [2.05, 4.69) is 29.8 Å². The minimum absolute atomic E-state index is 0.226. The van der Waals surface area contributed by atoms with Gasteiger partial charge in [-0.2, -0.15) is 13.2 Å². The molecule has 0 radical (unpaired) electrons. The molecule has 6 nitrogen and oxygen atoms in total. The third kappa shape index (κ3) is 8.45. The van der Waals surface area contributed by atoms with Crippen LogP contribution >= 0.6 is 0 Å². The van der Waals surface area contributed by atoms with Crippen LogP contribution in [-0.2, 0) is 15.7 Å². The van der Waals surface area contributed by atoms with Crippen molar-refractivity contribution in [1.29, 1.82) is 0 Å². The van der Waals surface area contributed by atoms with Gasteiger partial charge in [0, 0.05) is 30.0 Å². The predicted molar refractivity (Wildman–Crippen MR) is 163 cm³/mol. The van der Waals surface area contributed by atoms with E-state index in [1.807, 2.05) is 42.5 Å². The molecule has 0 spiro atoms. The van der Waals surface area contributed by atoms with Gasteiger partial charge in [0.1, 0.15) is 6.04 Å². The Labute approximate surface area is 249 Å². The highest BCUT2D eigenvalue weighted by Gasteiger charge is 2.30. The summed E-state index contributed by atoms with van der Waals surface area (Å²) in [5, 5.41) is 9.59. The van der Waals surface area contributed by atoms with E-state index in [4.69, 9.17) is 4.74 Å². The molecule has 0 fully saturated rings. The van der Waals surface area contributed by atoms with Crippen LogP contribution < -0.4 is 16.0 Å². The van der Waals surface area contributed by atoms with Gasteiger partial charge in [-0.3, -0.25) is 4.79 Å². The molecule has 9 heteroatoms. The number of alkyl halides is 3. The largest absolute Gasteiger partial charge is 0.468 e. The van der Waals surface area contributed by atoms with Crippen LogP contribution in [-0.4, -0.2) is 32.1 Å². The molecule has 0 bridgehead atoms. The summed E-state index contributed by atoms with van der Waals surface area (Å²) in [6.07, 6.45) is -4.43. The van der Waals surface area contributed by atoms with E-state index in [9.17, 15) is 22.8 Å². The monoisotopic (exact) mass is 589 g/mol. The summed E-state index contributed by atoms with van der Waals surface area (Å²) >= 11 is 0. The summed E-state index contributed by atoms with van der Waals surface area (Å²) in [6, 6.07) is 27.6. The van der Waals surface area contributed by atoms with Crippen LogP contribution in [0.5, 0.6) is 0 Å². The van der Waals surface area contributed by atoms with Crippen molar-refractivity contribution >= 4 is 23.3 Å². The second-order valence-electron chi connectivity index (χ2n) is 10.9. The molecule has 224 valence electrons. The first-order valence-electron chi connectivity index (χ1n) is 13.7. The summed E-state index contributed by atoms with van der Waals surface area (Å²) in [5.74, 6) is -0.725. The van der Waals surface area contributed by atoms with Crippen LogP contribution in [0.15, 0.2) is 103 Å². The maximum atomic E-state index is 13.1. The minimum atomic E-state index is -4.43. The fraction of sp³-hybridized carbons (Fsp3) is 0.235. The summed E-state index contributed by atoms with van der Waals surface area (Å²) in [4.78, 5) is 25.5. The number of rotatable bonds is 11. The molecule has 0 saturated heterocycles. The number of anilines is 2. The van der Waals surface area contributed by atoms with Crippen molar-refractivity contribution < 1.29 is 27.5 Å². The summed E-state index contributed by atoms with van der Waals surface area (Å²) in [6.45, 7) is 5.31. The molecule has 0 aromatic heterocycles. The third-order valence-electron chi connectivity index (χ3n) is 6.96. The Morgan fingerprint density at radius 1 is 0.767 bits per heavy atom. The quantitative estimate of drug-likeness (QED) is 0.157. The molecule has 43 heavy (non-hydrogen) atoms. The fourth-order valence-electron chi connectivity index (χ4n) is 4.52. The molecule has 1 atom stereocenters. The number of halogens is 3. The molecule has 3 N–H and O–H groups in total. The Morgan fingerprint density at radius 2 is 1.37 bits per heavy atom. The van der Waals surface area contributed by atoms with Crippen LogP contribution in [0.1, 0.15) is 41.4 Å². The molecule has 0 saturated carbocycles. The van der Waals surface area contributed by atoms with Crippen molar-refractivity contribution in [2.45, 2.75) is 26.1 Å². The van der Waals surface area contributed by atoms with Crippen molar-refractivity contribution in [3.8, 4) is 11.1 Å². The van der Waals surface area contributed by atoms with Gasteiger partial charge in [-0.25, -0.2) is 4.79 Å². The highest BCUT2D eigenvalue weighted by atomic mass is 19.4. The predicted octanol–water partition coefficient (Wildman–Crippen LogP) is 7.57. The molecule has 4 rings (SSSR count). The number of benzene rings is 4. The number of esters is 1. The van der Waals surface area contributed by atoms with E-state index in [0.29, 0.717) is 35.5 Å². The highest BCUT2D eigenvalue weighted by molar-refractivity contribution is 6.08. The number of hydrogen-bond donors (Lipinski definition) is 3. The Hall–Kier alpha value is -4.63. The van der Waals surface area contributed by atoms with Crippen molar-refractivity contribution in [2.24, 2.45) is 5.41 Å². The van der Waals surface area contributed by atoms with Gasteiger partial charge in [-0.05, 0) is 64.6 Å². The van der Waals surface area contributed by atoms with Gasteiger partial charge in [0.05, 0.1) is 12.7 Å². The van der Waals surface area contributed by atoms with Crippen LogP contribution in [0.25, 0.3) is 11.1 Å².